The lowest BCUT2D eigenvalue weighted by atomic mass is 10.1. The van der Waals surface area contributed by atoms with Gasteiger partial charge in [0, 0.05) is 12.6 Å². The fourth-order valence-electron chi connectivity index (χ4n) is 1.76. The summed E-state index contributed by atoms with van der Waals surface area (Å²) in [6, 6.07) is 5.41. The van der Waals surface area contributed by atoms with Crippen molar-refractivity contribution in [2.75, 3.05) is 13.7 Å². The number of ether oxygens (including phenoxy) is 2. The summed E-state index contributed by atoms with van der Waals surface area (Å²) in [7, 11) is 1.57. The molecule has 118 valence electrons. The third-order valence-electron chi connectivity index (χ3n) is 3.07. The van der Waals surface area contributed by atoms with Crippen LogP contribution in [0.5, 0.6) is 11.5 Å². The Morgan fingerprint density at radius 2 is 1.90 bits per heavy atom. The average molecular weight is 294 g/mol. The fraction of sp³-hybridized carbons (Fsp3) is 0.562. The third-order valence-corrected chi connectivity index (χ3v) is 3.07. The Morgan fingerprint density at radius 3 is 2.43 bits per heavy atom. The number of hydrogen-bond acceptors (Lipinski definition) is 4. The van der Waals surface area contributed by atoms with E-state index >= 15 is 0 Å². The van der Waals surface area contributed by atoms with Crippen molar-refractivity contribution in [3.63, 3.8) is 0 Å². The second-order valence-corrected chi connectivity index (χ2v) is 5.60. The highest BCUT2D eigenvalue weighted by molar-refractivity contribution is 5.80. The zero-order valence-electron chi connectivity index (χ0n) is 13.5. The Hall–Kier alpha value is -1.75. The van der Waals surface area contributed by atoms with Crippen molar-refractivity contribution in [3.8, 4) is 11.5 Å². The van der Waals surface area contributed by atoms with Crippen LogP contribution in [0.15, 0.2) is 18.2 Å². The summed E-state index contributed by atoms with van der Waals surface area (Å²) in [6.45, 7) is 8.34. The zero-order chi connectivity index (χ0) is 16.0. The molecule has 0 aromatic heterocycles. The van der Waals surface area contributed by atoms with Gasteiger partial charge < -0.3 is 20.5 Å². The van der Waals surface area contributed by atoms with Crippen LogP contribution in [0.3, 0.4) is 0 Å². The average Bonchev–Trinajstić information content (AvgIpc) is 2.44. The Labute approximate surface area is 126 Å². The van der Waals surface area contributed by atoms with Crippen LogP contribution in [-0.4, -0.2) is 25.7 Å². The van der Waals surface area contributed by atoms with E-state index in [0.717, 1.165) is 5.56 Å². The maximum atomic E-state index is 11.9. The Balaban J connectivity index is 2.75. The van der Waals surface area contributed by atoms with Crippen molar-refractivity contribution in [1.82, 2.24) is 5.32 Å². The number of carbonyl (C=O) groups excluding carboxylic acids is 1. The van der Waals surface area contributed by atoms with Gasteiger partial charge in [-0.3, -0.25) is 4.79 Å². The number of rotatable bonds is 7. The quantitative estimate of drug-likeness (QED) is 0.809. The van der Waals surface area contributed by atoms with Crippen LogP contribution in [0.4, 0.5) is 0 Å². The molecule has 2 atom stereocenters. The molecule has 1 aromatic rings. The van der Waals surface area contributed by atoms with Crippen molar-refractivity contribution in [2.24, 2.45) is 11.7 Å². The lowest BCUT2D eigenvalue weighted by Crippen LogP contribution is -2.38. The molecule has 5 nitrogen and oxygen atoms in total. The first-order valence-electron chi connectivity index (χ1n) is 7.23. The first-order chi connectivity index (χ1) is 9.85. The van der Waals surface area contributed by atoms with Crippen LogP contribution < -0.4 is 20.5 Å². The first kappa shape index (κ1) is 17.3. The van der Waals surface area contributed by atoms with Crippen molar-refractivity contribution in [3.05, 3.63) is 23.8 Å². The van der Waals surface area contributed by atoms with Crippen molar-refractivity contribution in [1.29, 1.82) is 0 Å². The van der Waals surface area contributed by atoms with Gasteiger partial charge in [-0.2, -0.15) is 0 Å². The molecule has 0 aliphatic carbocycles. The molecule has 0 radical (unpaired) electrons. The summed E-state index contributed by atoms with van der Waals surface area (Å²) in [4.78, 5) is 11.9. The smallest absolute Gasteiger partial charge is 0.260 e. The number of nitrogens with one attached hydrogen (secondary N) is 1. The van der Waals surface area contributed by atoms with E-state index in [1.807, 2.05) is 32.9 Å². The van der Waals surface area contributed by atoms with Gasteiger partial charge in [0.15, 0.2) is 17.6 Å². The molecule has 0 aliphatic rings. The van der Waals surface area contributed by atoms with Crippen LogP contribution in [0.25, 0.3) is 0 Å². The highest BCUT2D eigenvalue weighted by Crippen LogP contribution is 2.30. The molecule has 0 aliphatic heterocycles. The van der Waals surface area contributed by atoms with Gasteiger partial charge in [-0.25, -0.2) is 0 Å². The molecule has 3 N–H and O–H groups in total. The van der Waals surface area contributed by atoms with Gasteiger partial charge in [-0.15, -0.1) is 0 Å². The Bertz CT molecular complexity index is 473. The number of hydrogen-bond donors (Lipinski definition) is 2. The molecule has 1 amide bonds. The molecule has 0 bridgehead atoms. The molecule has 0 heterocycles. The summed E-state index contributed by atoms with van der Waals surface area (Å²) in [5, 5.41) is 2.84. The van der Waals surface area contributed by atoms with Gasteiger partial charge in [0.2, 0.25) is 0 Å². The Kier molecular flexibility index (Phi) is 6.49. The van der Waals surface area contributed by atoms with Crippen LogP contribution >= 0.6 is 0 Å². The summed E-state index contributed by atoms with van der Waals surface area (Å²) in [6.07, 6.45) is -0.584. The molecule has 5 heteroatoms. The molecule has 0 saturated carbocycles. The molecule has 1 unspecified atom stereocenters. The molecule has 0 fully saturated rings. The monoisotopic (exact) mass is 294 g/mol. The van der Waals surface area contributed by atoms with Gasteiger partial charge in [0.25, 0.3) is 5.91 Å². The summed E-state index contributed by atoms with van der Waals surface area (Å²) < 4.78 is 11.0. The molecule has 0 saturated heterocycles. The van der Waals surface area contributed by atoms with E-state index in [-0.39, 0.29) is 11.9 Å². The molecule has 0 spiro atoms. The van der Waals surface area contributed by atoms with Crippen LogP contribution in [0.1, 0.15) is 39.3 Å². The summed E-state index contributed by atoms with van der Waals surface area (Å²) in [5.74, 6) is 1.38. The molecule has 1 aromatic carbocycles. The van der Waals surface area contributed by atoms with E-state index in [0.29, 0.717) is 24.0 Å². The number of benzene rings is 1. The van der Waals surface area contributed by atoms with Gasteiger partial charge in [-0.1, -0.05) is 19.9 Å². The van der Waals surface area contributed by atoms with E-state index in [9.17, 15) is 4.79 Å². The van der Waals surface area contributed by atoms with Crippen LogP contribution in [0.2, 0.25) is 0 Å². The second kappa shape index (κ2) is 7.88. The van der Waals surface area contributed by atoms with Gasteiger partial charge in [-0.05, 0) is 37.5 Å². The van der Waals surface area contributed by atoms with E-state index in [1.54, 1.807) is 20.1 Å². The first-order valence-corrected chi connectivity index (χ1v) is 7.23. The predicted molar refractivity (Wildman–Crippen MR) is 83.5 cm³/mol. The topological polar surface area (TPSA) is 73.6 Å². The minimum absolute atomic E-state index is 0.0836. The van der Waals surface area contributed by atoms with Gasteiger partial charge >= 0.3 is 0 Å². The lowest BCUT2D eigenvalue weighted by molar-refractivity contribution is -0.127. The summed E-state index contributed by atoms with van der Waals surface area (Å²) in [5.41, 5.74) is 6.80. The maximum Gasteiger partial charge on any atom is 0.260 e. The highest BCUT2D eigenvalue weighted by Gasteiger charge is 2.17. The maximum absolute atomic E-state index is 11.9. The summed E-state index contributed by atoms with van der Waals surface area (Å²) >= 11 is 0. The fourth-order valence-corrected chi connectivity index (χ4v) is 1.76. The minimum atomic E-state index is -0.584. The van der Waals surface area contributed by atoms with E-state index < -0.39 is 6.10 Å². The molecular weight excluding hydrogens is 268 g/mol. The minimum Gasteiger partial charge on any atom is -0.493 e. The van der Waals surface area contributed by atoms with Gasteiger partial charge in [0.05, 0.1) is 7.11 Å². The molecule has 21 heavy (non-hydrogen) atoms. The zero-order valence-corrected chi connectivity index (χ0v) is 13.5. The third kappa shape index (κ3) is 5.27. The second-order valence-electron chi connectivity index (χ2n) is 5.60. The van der Waals surface area contributed by atoms with Crippen LogP contribution in [-0.2, 0) is 4.79 Å². The largest absolute Gasteiger partial charge is 0.493 e. The normalized spacial score (nSPS) is 13.7. The van der Waals surface area contributed by atoms with E-state index in [2.05, 4.69) is 5.32 Å². The number of nitrogens with two attached hydrogens (primary N) is 1. The van der Waals surface area contributed by atoms with Crippen molar-refractivity contribution in [2.45, 2.75) is 39.8 Å². The van der Waals surface area contributed by atoms with E-state index in [4.69, 9.17) is 15.2 Å². The van der Waals surface area contributed by atoms with E-state index in [1.165, 1.54) is 0 Å². The SMILES string of the molecule is COc1cc([C@H](C)N)ccc1OC(C)C(=O)NCC(C)C. The van der Waals surface area contributed by atoms with Gasteiger partial charge in [0.1, 0.15) is 0 Å². The molecule has 1 rings (SSSR count). The Morgan fingerprint density at radius 1 is 1.24 bits per heavy atom. The predicted octanol–water partition coefficient (Wildman–Crippen LogP) is 2.25. The number of amides is 1. The van der Waals surface area contributed by atoms with Crippen molar-refractivity contribution >= 4 is 5.91 Å². The lowest BCUT2D eigenvalue weighted by Gasteiger charge is -2.18. The van der Waals surface area contributed by atoms with Crippen LogP contribution in [0, 0.1) is 5.92 Å². The molecular formula is C16H26N2O3. The van der Waals surface area contributed by atoms with Crippen molar-refractivity contribution < 1.29 is 14.3 Å². The standard InChI is InChI=1S/C16H26N2O3/c1-10(2)9-18-16(19)12(4)21-14-7-6-13(11(3)17)8-15(14)20-5/h6-8,10-12H,9,17H2,1-5H3,(H,18,19)/t11-,12?/m0/s1. The number of methoxy groups -OCH3 is 1. The number of carbonyl (C=O) groups is 1. The highest BCUT2D eigenvalue weighted by atomic mass is 16.5.